The number of hydrogen-bond acceptors (Lipinski definition) is 4. The Hall–Kier alpha value is -1.08. The lowest BCUT2D eigenvalue weighted by atomic mass is 9.57. The zero-order chi connectivity index (χ0) is 13.6. The van der Waals surface area contributed by atoms with Crippen molar-refractivity contribution < 1.29 is 13.9 Å². The third-order valence-electron chi connectivity index (χ3n) is 3.91. The van der Waals surface area contributed by atoms with Gasteiger partial charge in [-0.3, -0.25) is 8.78 Å². The molecule has 5 nitrogen and oxygen atoms in total. The van der Waals surface area contributed by atoms with Crippen LogP contribution in [0.1, 0.15) is 30.5 Å². The van der Waals surface area contributed by atoms with Crippen molar-refractivity contribution in [1.82, 2.24) is 14.8 Å². The molecule has 1 saturated carbocycles. The molecule has 0 bridgehead atoms. The van der Waals surface area contributed by atoms with Gasteiger partial charge >= 0.3 is 0 Å². The smallest absolute Gasteiger partial charge is 0.152 e. The van der Waals surface area contributed by atoms with Crippen molar-refractivity contribution in [3.05, 3.63) is 11.6 Å². The van der Waals surface area contributed by atoms with Gasteiger partial charge in [-0.15, -0.1) is 10.2 Å². The second-order valence-corrected chi connectivity index (χ2v) is 5.37. The maximum atomic E-state index is 12.8. The van der Waals surface area contributed by atoms with Gasteiger partial charge in [0.15, 0.2) is 5.82 Å². The quantitative estimate of drug-likeness (QED) is 0.830. The molecule has 0 aliphatic heterocycles. The summed E-state index contributed by atoms with van der Waals surface area (Å²) in [7, 11) is 1.74. The summed E-state index contributed by atoms with van der Waals surface area (Å²) in [5.74, 6) is 1.10. The molecule has 3 N–H and O–H groups in total. The lowest BCUT2D eigenvalue weighted by molar-refractivity contribution is -0.159. The van der Waals surface area contributed by atoms with E-state index in [0.717, 1.165) is 0 Å². The maximum absolute atomic E-state index is 12.8. The highest BCUT2D eigenvalue weighted by Gasteiger charge is 2.58. The summed E-state index contributed by atoms with van der Waals surface area (Å²) in [6.45, 7) is 0.203. The second kappa shape index (κ2) is 4.24. The van der Waals surface area contributed by atoms with Crippen LogP contribution in [0.5, 0.6) is 0 Å². The zero-order valence-corrected chi connectivity index (χ0v) is 10.5. The Morgan fingerprint density at radius 1 is 1.39 bits per heavy atom. The van der Waals surface area contributed by atoms with Gasteiger partial charge in [0.2, 0.25) is 0 Å². The summed E-state index contributed by atoms with van der Waals surface area (Å²) >= 11 is 0. The molecule has 1 unspecified atom stereocenters. The topological polar surface area (TPSA) is 77.0 Å². The number of aryl methyl sites for hydroxylation is 1. The van der Waals surface area contributed by atoms with Gasteiger partial charge in [0.1, 0.15) is 5.82 Å². The van der Waals surface area contributed by atoms with E-state index in [-0.39, 0.29) is 12.8 Å². The summed E-state index contributed by atoms with van der Waals surface area (Å²) in [4.78, 5) is 0. The summed E-state index contributed by atoms with van der Waals surface area (Å²) < 4.78 is 27.2. The molecule has 1 atom stereocenters. The third kappa shape index (κ3) is 1.81. The fourth-order valence-corrected chi connectivity index (χ4v) is 2.63. The van der Waals surface area contributed by atoms with E-state index < -0.39 is 30.4 Å². The fraction of sp³-hybridized carbons (Fsp3) is 0.818. The molecule has 1 aromatic rings. The molecule has 1 aromatic heterocycles. The van der Waals surface area contributed by atoms with E-state index >= 15 is 0 Å². The molecule has 102 valence electrons. The van der Waals surface area contributed by atoms with Gasteiger partial charge in [-0.25, -0.2) is 0 Å². The molecule has 1 aliphatic rings. The van der Waals surface area contributed by atoms with E-state index in [1.54, 1.807) is 18.5 Å². The number of nitrogens with zero attached hydrogens (tertiary/aromatic N) is 3. The molecule has 2 rings (SSSR count). The summed E-state index contributed by atoms with van der Waals surface area (Å²) in [5.41, 5.74) is 3.59. The molecule has 1 heterocycles. The number of rotatable bonds is 4. The van der Waals surface area contributed by atoms with Gasteiger partial charge in [-0.05, 0) is 19.8 Å². The number of alkyl halides is 2. The summed E-state index contributed by atoms with van der Waals surface area (Å²) in [6.07, 6.45) is 0.0279. The first-order valence-corrected chi connectivity index (χ1v) is 5.83. The minimum Gasteiger partial charge on any atom is -0.388 e. The highest BCUT2D eigenvalue weighted by atomic mass is 19.1. The van der Waals surface area contributed by atoms with Crippen LogP contribution in [0, 0.1) is 12.3 Å². The van der Waals surface area contributed by atoms with Crippen molar-refractivity contribution in [1.29, 1.82) is 0 Å². The average molecular weight is 260 g/mol. The van der Waals surface area contributed by atoms with Crippen molar-refractivity contribution in [2.45, 2.75) is 31.4 Å². The van der Waals surface area contributed by atoms with Crippen LogP contribution < -0.4 is 5.73 Å². The molecular formula is C11H18F2N4O. The highest BCUT2D eigenvalue weighted by molar-refractivity contribution is 5.15. The highest BCUT2D eigenvalue weighted by Crippen LogP contribution is 2.53. The van der Waals surface area contributed by atoms with Crippen LogP contribution in [0.25, 0.3) is 0 Å². The summed E-state index contributed by atoms with van der Waals surface area (Å²) in [5, 5.41) is 18.1. The van der Waals surface area contributed by atoms with Crippen LogP contribution in [0.4, 0.5) is 8.78 Å². The second-order valence-electron chi connectivity index (χ2n) is 5.37. The first-order valence-electron chi connectivity index (χ1n) is 5.83. The SMILES string of the molecule is Cc1nnc(C(N)C2(O)CC(CF)(CF)C2)n1C. The van der Waals surface area contributed by atoms with Gasteiger partial charge in [0.05, 0.1) is 25.0 Å². The Labute approximate surface area is 104 Å². The van der Waals surface area contributed by atoms with Crippen molar-refractivity contribution in [3.63, 3.8) is 0 Å². The van der Waals surface area contributed by atoms with Gasteiger partial charge in [-0.1, -0.05) is 0 Å². The third-order valence-corrected chi connectivity index (χ3v) is 3.91. The molecule has 1 fully saturated rings. The standard InChI is InChI=1S/C11H18F2N4O/c1-7-15-16-9(17(7)2)8(14)11(18)3-10(4-11,5-12)6-13/h8,18H,3-6,14H2,1-2H3. The van der Waals surface area contributed by atoms with Crippen molar-refractivity contribution >= 4 is 0 Å². The number of halogens is 2. The Balaban J connectivity index is 2.16. The largest absolute Gasteiger partial charge is 0.388 e. The molecule has 0 aromatic carbocycles. The van der Waals surface area contributed by atoms with Crippen LogP contribution >= 0.6 is 0 Å². The van der Waals surface area contributed by atoms with E-state index in [9.17, 15) is 13.9 Å². The Bertz CT molecular complexity index is 436. The first kappa shape index (κ1) is 13.4. The van der Waals surface area contributed by atoms with E-state index in [1.807, 2.05) is 0 Å². The van der Waals surface area contributed by atoms with Crippen LogP contribution in [-0.4, -0.2) is 38.8 Å². The van der Waals surface area contributed by atoms with Crippen LogP contribution in [0.3, 0.4) is 0 Å². The molecule has 0 saturated heterocycles. The fourth-order valence-electron chi connectivity index (χ4n) is 2.63. The average Bonchev–Trinajstić information content (AvgIpc) is 2.65. The molecule has 1 aliphatic carbocycles. The molecule has 18 heavy (non-hydrogen) atoms. The van der Waals surface area contributed by atoms with E-state index in [1.165, 1.54) is 0 Å². The molecule has 0 spiro atoms. The number of hydrogen-bond donors (Lipinski definition) is 2. The normalized spacial score (nSPS) is 22.6. The van der Waals surface area contributed by atoms with Gasteiger partial charge in [0.25, 0.3) is 0 Å². The maximum Gasteiger partial charge on any atom is 0.152 e. The van der Waals surface area contributed by atoms with Gasteiger partial charge in [-0.2, -0.15) is 0 Å². The minimum atomic E-state index is -1.30. The molecule has 7 heteroatoms. The predicted octanol–water partition coefficient (Wildman–Crippen LogP) is 0.574. The van der Waals surface area contributed by atoms with E-state index in [2.05, 4.69) is 10.2 Å². The minimum absolute atomic E-state index is 0.0140. The van der Waals surface area contributed by atoms with Crippen molar-refractivity contribution in [3.8, 4) is 0 Å². The number of aromatic nitrogens is 3. The van der Waals surface area contributed by atoms with E-state index in [4.69, 9.17) is 5.73 Å². The lowest BCUT2D eigenvalue weighted by Gasteiger charge is -2.52. The zero-order valence-electron chi connectivity index (χ0n) is 10.5. The summed E-state index contributed by atoms with van der Waals surface area (Å²) in [6, 6.07) is -0.782. The van der Waals surface area contributed by atoms with Gasteiger partial charge in [0, 0.05) is 12.5 Å². The van der Waals surface area contributed by atoms with Crippen LogP contribution in [0.2, 0.25) is 0 Å². The molecular weight excluding hydrogens is 242 g/mol. The van der Waals surface area contributed by atoms with Gasteiger partial charge < -0.3 is 15.4 Å². The van der Waals surface area contributed by atoms with Crippen molar-refractivity contribution in [2.75, 3.05) is 13.3 Å². The number of nitrogens with two attached hydrogens (primary N) is 1. The van der Waals surface area contributed by atoms with Crippen LogP contribution in [-0.2, 0) is 7.05 Å². The Morgan fingerprint density at radius 2 is 1.94 bits per heavy atom. The first-order chi connectivity index (χ1) is 8.37. The van der Waals surface area contributed by atoms with Crippen molar-refractivity contribution in [2.24, 2.45) is 18.2 Å². The lowest BCUT2D eigenvalue weighted by Crippen LogP contribution is -2.59. The number of aliphatic hydroxyl groups is 1. The van der Waals surface area contributed by atoms with Crippen LogP contribution in [0.15, 0.2) is 0 Å². The predicted molar refractivity (Wildman–Crippen MR) is 61.2 cm³/mol. The Kier molecular flexibility index (Phi) is 3.14. The molecule has 0 radical (unpaired) electrons. The monoisotopic (exact) mass is 260 g/mol. The molecule has 0 amide bonds. The Morgan fingerprint density at radius 3 is 2.33 bits per heavy atom. The van der Waals surface area contributed by atoms with E-state index in [0.29, 0.717) is 11.6 Å².